The number of aromatic nitrogens is 4. The van der Waals surface area contributed by atoms with Gasteiger partial charge in [-0.25, -0.2) is 9.97 Å². The van der Waals surface area contributed by atoms with Crippen LogP contribution in [0.3, 0.4) is 0 Å². The molecule has 0 saturated carbocycles. The zero-order valence-electron chi connectivity index (χ0n) is 19.8. The van der Waals surface area contributed by atoms with E-state index in [-0.39, 0.29) is 36.7 Å². The zero-order valence-corrected chi connectivity index (χ0v) is 21.4. The van der Waals surface area contributed by atoms with Gasteiger partial charge in [0.1, 0.15) is 5.65 Å². The van der Waals surface area contributed by atoms with E-state index in [1.54, 1.807) is 12.4 Å². The number of nitrogens with zero attached hydrogens (tertiary/aromatic N) is 8. The van der Waals surface area contributed by atoms with Crippen molar-refractivity contribution in [3.63, 3.8) is 0 Å². The van der Waals surface area contributed by atoms with E-state index in [2.05, 4.69) is 20.4 Å². The van der Waals surface area contributed by atoms with Crippen LogP contribution in [0.15, 0.2) is 93.3 Å². The van der Waals surface area contributed by atoms with Crippen molar-refractivity contribution >= 4 is 60.6 Å². The van der Waals surface area contributed by atoms with Crippen LogP contribution >= 0.6 is 24.8 Å². The molecule has 3 aromatic heterocycles. The molecule has 14 heteroatoms. The number of nitrogens with two attached hydrogens (primary N) is 4. The maximum absolute atomic E-state index is 5.47. The van der Waals surface area contributed by atoms with Gasteiger partial charge in [0.05, 0.1) is 35.2 Å². The Morgan fingerprint density at radius 3 is 1.68 bits per heavy atom. The fraction of sp³-hybridized carbons (Fsp3) is 0. The highest BCUT2D eigenvalue weighted by atomic mass is 35.5. The van der Waals surface area contributed by atoms with Gasteiger partial charge in [0.15, 0.2) is 0 Å². The lowest BCUT2D eigenvalue weighted by Crippen LogP contribution is -2.21. The lowest BCUT2D eigenvalue weighted by molar-refractivity contribution is 1.05. The van der Waals surface area contributed by atoms with Gasteiger partial charge in [-0.3, -0.25) is 8.80 Å². The van der Waals surface area contributed by atoms with Crippen LogP contribution in [-0.2, 0) is 0 Å². The van der Waals surface area contributed by atoms with Gasteiger partial charge in [-0.2, -0.15) is 10.2 Å². The van der Waals surface area contributed by atoms with E-state index in [0.29, 0.717) is 34.2 Å². The number of hydrogen-bond donors (Lipinski definition) is 4. The van der Waals surface area contributed by atoms with Crippen molar-refractivity contribution < 1.29 is 0 Å². The zero-order chi connectivity index (χ0) is 25.1. The molecule has 38 heavy (non-hydrogen) atoms. The summed E-state index contributed by atoms with van der Waals surface area (Å²) < 4.78 is 3.74. The van der Waals surface area contributed by atoms with Gasteiger partial charge in [-0.15, -0.1) is 35.0 Å². The van der Waals surface area contributed by atoms with E-state index in [1.165, 1.54) is 0 Å². The van der Waals surface area contributed by atoms with Crippen molar-refractivity contribution in [2.24, 2.45) is 43.3 Å². The smallest absolute Gasteiger partial charge is 0.221 e. The van der Waals surface area contributed by atoms with Crippen molar-refractivity contribution in [2.45, 2.75) is 0 Å². The highest BCUT2D eigenvalue weighted by molar-refractivity contribution is 5.93. The first kappa shape index (κ1) is 27.6. The molecule has 0 amide bonds. The molecule has 194 valence electrons. The monoisotopic (exact) mass is 550 g/mol. The molecule has 0 aliphatic heterocycles. The molecule has 12 nitrogen and oxygen atoms in total. The molecule has 0 aliphatic carbocycles. The van der Waals surface area contributed by atoms with Gasteiger partial charge in [-0.1, -0.05) is 60.7 Å². The third kappa shape index (κ3) is 5.40. The largest absolute Gasteiger partial charge is 0.369 e. The molecule has 3 heterocycles. The second-order valence-electron chi connectivity index (χ2n) is 7.64. The Hall–Kier alpha value is -4.94. The predicted molar refractivity (Wildman–Crippen MR) is 156 cm³/mol. The maximum atomic E-state index is 5.47. The van der Waals surface area contributed by atoms with E-state index in [4.69, 9.17) is 32.9 Å². The molecule has 8 N–H and O–H groups in total. The number of fused-ring (bicyclic) bond motifs is 3. The van der Waals surface area contributed by atoms with Gasteiger partial charge in [0, 0.05) is 17.3 Å². The summed E-state index contributed by atoms with van der Waals surface area (Å²) in [6, 6.07) is 21.3. The number of guanidine groups is 2. The molecule has 0 aliphatic rings. The van der Waals surface area contributed by atoms with Gasteiger partial charge in [0.2, 0.25) is 17.7 Å². The third-order valence-electron chi connectivity index (χ3n) is 5.24. The standard InChI is InChI=1S/C24H22N12.2ClH/c25-22(26)33-29-13-17-20(15-7-3-1-4-8-15)32-24-35(17)12-11-19-31-21(16-9-5-2-6-10-16)18(36(19)24)14-30-34-23(27)28;;/h1-14H,(H4,25,26,33)(H4,27,28,34);2*1H/b29-13+,30-14+;;. The minimum absolute atomic E-state index is 0. The molecule has 0 spiro atoms. The number of rotatable bonds is 6. The van der Waals surface area contributed by atoms with Gasteiger partial charge < -0.3 is 22.9 Å². The summed E-state index contributed by atoms with van der Waals surface area (Å²) in [6.45, 7) is 0. The second-order valence-corrected chi connectivity index (χ2v) is 7.64. The fourth-order valence-corrected chi connectivity index (χ4v) is 3.81. The lowest BCUT2D eigenvalue weighted by Gasteiger charge is -2.02. The van der Waals surface area contributed by atoms with Gasteiger partial charge in [-0.05, 0) is 6.07 Å². The van der Waals surface area contributed by atoms with Crippen LogP contribution in [0.1, 0.15) is 11.4 Å². The summed E-state index contributed by atoms with van der Waals surface area (Å²) in [7, 11) is 0. The molecule has 0 bridgehead atoms. The molecule has 2 aromatic carbocycles. The quantitative estimate of drug-likeness (QED) is 0.142. The molecule has 5 aromatic rings. The molecule has 0 radical (unpaired) electrons. The van der Waals surface area contributed by atoms with E-state index < -0.39 is 0 Å². The first-order valence-electron chi connectivity index (χ1n) is 10.8. The average Bonchev–Trinajstić information content (AvgIpc) is 3.43. The average molecular weight is 551 g/mol. The molecule has 5 rings (SSSR count). The van der Waals surface area contributed by atoms with Crippen LogP contribution in [-0.4, -0.2) is 43.1 Å². The Morgan fingerprint density at radius 2 is 1.16 bits per heavy atom. The summed E-state index contributed by atoms with van der Waals surface area (Å²) in [5, 5.41) is 15.6. The minimum Gasteiger partial charge on any atom is -0.369 e. The van der Waals surface area contributed by atoms with Crippen LogP contribution in [0.2, 0.25) is 0 Å². The van der Waals surface area contributed by atoms with Crippen LogP contribution in [0.5, 0.6) is 0 Å². The van der Waals surface area contributed by atoms with Crippen molar-refractivity contribution in [1.29, 1.82) is 0 Å². The Balaban J connectivity index is 0.00000200. The normalized spacial score (nSPS) is 10.9. The third-order valence-corrected chi connectivity index (χ3v) is 5.24. The van der Waals surface area contributed by atoms with E-state index in [0.717, 1.165) is 11.1 Å². The van der Waals surface area contributed by atoms with Crippen molar-refractivity contribution in [3.8, 4) is 22.5 Å². The topological polar surface area (TPSA) is 188 Å². The van der Waals surface area contributed by atoms with E-state index in [9.17, 15) is 0 Å². The van der Waals surface area contributed by atoms with Crippen molar-refractivity contribution in [2.75, 3.05) is 0 Å². The Morgan fingerprint density at radius 1 is 0.658 bits per heavy atom. The lowest BCUT2D eigenvalue weighted by atomic mass is 10.1. The summed E-state index contributed by atoms with van der Waals surface area (Å²) in [4.78, 5) is 9.80. The summed E-state index contributed by atoms with van der Waals surface area (Å²) in [6.07, 6.45) is 4.96. The predicted octanol–water partition coefficient (Wildman–Crippen LogP) is 2.37. The van der Waals surface area contributed by atoms with Gasteiger partial charge in [0.25, 0.3) is 0 Å². The van der Waals surface area contributed by atoms with Gasteiger partial charge >= 0.3 is 0 Å². The highest BCUT2D eigenvalue weighted by Crippen LogP contribution is 2.28. The first-order valence-corrected chi connectivity index (χ1v) is 10.8. The number of hydrogen-bond acceptors (Lipinski definition) is 6. The van der Waals surface area contributed by atoms with Crippen LogP contribution in [0.4, 0.5) is 0 Å². The summed E-state index contributed by atoms with van der Waals surface area (Å²) in [5.41, 5.74) is 27.0. The minimum atomic E-state index is -0.156. The Kier molecular flexibility index (Phi) is 8.63. The molecular formula is C24H24Cl2N12. The number of imidazole rings is 2. The summed E-state index contributed by atoms with van der Waals surface area (Å²) >= 11 is 0. The van der Waals surface area contributed by atoms with E-state index >= 15 is 0 Å². The Labute approximate surface area is 229 Å². The van der Waals surface area contributed by atoms with Crippen LogP contribution in [0.25, 0.3) is 33.9 Å². The van der Waals surface area contributed by atoms with Crippen LogP contribution < -0.4 is 22.9 Å². The number of benzene rings is 2. The Bertz CT molecular complexity index is 1660. The van der Waals surface area contributed by atoms with E-state index in [1.807, 2.05) is 81.7 Å². The molecule has 0 atom stereocenters. The fourth-order valence-electron chi connectivity index (χ4n) is 3.81. The van der Waals surface area contributed by atoms with Crippen LogP contribution in [0, 0.1) is 0 Å². The first-order chi connectivity index (χ1) is 17.5. The second kappa shape index (κ2) is 11.9. The molecule has 0 fully saturated rings. The summed E-state index contributed by atoms with van der Waals surface area (Å²) in [5.74, 6) is 0.263. The number of halogens is 2. The SMILES string of the molecule is Cl.Cl.NC(N)=N/N=C/c1c(-c2ccccc2)nc2n1ccc1nc(-c3ccccc3)c(/C=N/N=C(N)N)n12. The molecule has 0 saturated heterocycles. The van der Waals surface area contributed by atoms with Crippen molar-refractivity contribution in [3.05, 3.63) is 84.3 Å². The highest BCUT2D eigenvalue weighted by Gasteiger charge is 2.20. The maximum Gasteiger partial charge on any atom is 0.221 e. The van der Waals surface area contributed by atoms with Crippen molar-refractivity contribution in [1.82, 2.24) is 18.8 Å². The molecular weight excluding hydrogens is 527 g/mol. The molecule has 0 unspecified atom stereocenters.